The number of likely N-dealkylation sites (tertiary alicyclic amines) is 1. The number of amides is 1. The predicted molar refractivity (Wildman–Crippen MR) is 115 cm³/mol. The van der Waals surface area contributed by atoms with Gasteiger partial charge in [-0.2, -0.15) is 0 Å². The molecular formula is C23H30N4O4. The van der Waals surface area contributed by atoms with Gasteiger partial charge >= 0.3 is 12.1 Å². The Kier molecular flexibility index (Phi) is 5.75. The summed E-state index contributed by atoms with van der Waals surface area (Å²) in [7, 11) is 0. The van der Waals surface area contributed by atoms with E-state index in [0.29, 0.717) is 25.9 Å². The van der Waals surface area contributed by atoms with Gasteiger partial charge < -0.3 is 19.7 Å². The first-order valence-corrected chi connectivity index (χ1v) is 10.8. The number of para-hydroxylation sites is 1. The van der Waals surface area contributed by atoms with Crippen molar-refractivity contribution in [1.82, 2.24) is 19.8 Å². The van der Waals surface area contributed by atoms with Crippen molar-refractivity contribution in [2.45, 2.75) is 64.1 Å². The lowest BCUT2D eigenvalue weighted by Crippen LogP contribution is -2.45. The Balaban J connectivity index is 1.44. The molecule has 1 aromatic heterocycles. The number of nitrogens with zero attached hydrogens (tertiary/aromatic N) is 3. The van der Waals surface area contributed by atoms with Crippen LogP contribution in [0.1, 0.15) is 44.1 Å². The summed E-state index contributed by atoms with van der Waals surface area (Å²) in [6.07, 6.45) is 4.16. The second-order valence-electron chi connectivity index (χ2n) is 9.32. The molecule has 0 aliphatic carbocycles. The molecule has 2 unspecified atom stereocenters. The zero-order chi connectivity index (χ0) is 22.2. The average Bonchev–Trinajstić information content (AvgIpc) is 3.31. The van der Waals surface area contributed by atoms with Crippen molar-refractivity contribution < 1.29 is 19.4 Å². The third-order valence-electron chi connectivity index (χ3n) is 5.89. The molecule has 166 valence electrons. The van der Waals surface area contributed by atoms with E-state index in [2.05, 4.69) is 27.0 Å². The average molecular weight is 427 g/mol. The molecular weight excluding hydrogens is 396 g/mol. The number of carbonyl (C=O) groups is 2. The predicted octanol–water partition coefficient (Wildman–Crippen LogP) is 2.57. The Labute approximate surface area is 182 Å². The SMILES string of the molecule is CC(C)(C)OC(=O)NC1CCN(C(Cc2ncn3c2CCc2ccccc2-3)C(=O)O)C1. The molecule has 2 N–H and O–H groups in total. The highest BCUT2D eigenvalue weighted by atomic mass is 16.6. The first-order chi connectivity index (χ1) is 14.7. The molecule has 8 nitrogen and oxygen atoms in total. The summed E-state index contributed by atoms with van der Waals surface area (Å²) in [6, 6.07) is 7.44. The van der Waals surface area contributed by atoms with Crippen molar-refractivity contribution in [2.75, 3.05) is 13.1 Å². The Morgan fingerprint density at radius 2 is 2.06 bits per heavy atom. The van der Waals surface area contributed by atoms with Gasteiger partial charge in [0, 0.05) is 36.9 Å². The van der Waals surface area contributed by atoms with Crippen molar-refractivity contribution >= 4 is 12.1 Å². The van der Waals surface area contributed by atoms with Gasteiger partial charge in [0.25, 0.3) is 0 Å². The van der Waals surface area contributed by atoms with E-state index in [1.54, 1.807) is 6.33 Å². The van der Waals surface area contributed by atoms with E-state index in [1.165, 1.54) is 5.56 Å². The van der Waals surface area contributed by atoms with Crippen LogP contribution < -0.4 is 5.32 Å². The van der Waals surface area contributed by atoms with Crippen LogP contribution in [-0.2, 0) is 28.8 Å². The molecule has 1 aromatic carbocycles. The molecule has 2 aliphatic heterocycles. The second kappa shape index (κ2) is 8.34. The maximum atomic E-state index is 12.1. The first-order valence-electron chi connectivity index (χ1n) is 10.8. The maximum absolute atomic E-state index is 12.1. The molecule has 2 aliphatic rings. The van der Waals surface area contributed by atoms with Gasteiger partial charge in [-0.1, -0.05) is 18.2 Å². The highest BCUT2D eigenvalue weighted by Gasteiger charge is 2.35. The first kappa shape index (κ1) is 21.4. The van der Waals surface area contributed by atoms with Gasteiger partial charge in [0.2, 0.25) is 0 Å². The molecule has 0 spiro atoms. The van der Waals surface area contributed by atoms with Crippen LogP contribution in [0.25, 0.3) is 5.69 Å². The summed E-state index contributed by atoms with van der Waals surface area (Å²) >= 11 is 0. The normalized spacial score (nSPS) is 19.4. The molecule has 2 aromatic rings. The number of fused-ring (bicyclic) bond motifs is 3. The van der Waals surface area contributed by atoms with Gasteiger partial charge in [-0.05, 0) is 51.7 Å². The second-order valence-corrected chi connectivity index (χ2v) is 9.32. The van der Waals surface area contributed by atoms with Gasteiger partial charge in [0.15, 0.2) is 0 Å². The van der Waals surface area contributed by atoms with Crippen molar-refractivity contribution in [3.8, 4) is 5.69 Å². The fraction of sp³-hybridized carbons (Fsp3) is 0.522. The largest absolute Gasteiger partial charge is 0.480 e. The number of aryl methyl sites for hydroxylation is 1. The molecule has 0 radical (unpaired) electrons. The number of carboxylic acid groups (broad SMARTS) is 1. The summed E-state index contributed by atoms with van der Waals surface area (Å²) in [5.41, 5.74) is 3.77. The third-order valence-corrected chi connectivity index (χ3v) is 5.89. The number of carbonyl (C=O) groups excluding carboxylic acids is 1. The van der Waals surface area contributed by atoms with Crippen LogP contribution in [0, 0.1) is 0 Å². The Bertz CT molecular complexity index is 978. The van der Waals surface area contributed by atoms with Crippen LogP contribution in [0.3, 0.4) is 0 Å². The Morgan fingerprint density at radius 3 is 2.81 bits per heavy atom. The quantitative estimate of drug-likeness (QED) is 0.763. The monoisotopic (exact) mass is 426 g/mol. The van der Waals surface area contributed by atoms with Crippen LogP contribution in [0.2, 0.25) is 0 Å². The molecule has 4 rings (SSSR count). The molecule has 1 saturated heterocycles. The lowest BCUT2D eigenvalue weighted by Gasteiger charge is -2.25. The highest BCUT2D eigenvalue weighted by molar-refractivity contribution is 5.74. The number of hydrogen-bond donors (Lipinski definition) is 2. The number of imidazole rings is 1. The number of hydrogen-bond acceptors (Lipinski definition) is 5. The number of benzene rings is 1. The van der Waals surface area contributed by atoms with E-state index in [9.17, 15) is 14.7 Å². The standard InChI is InChI=1S/C23H30N4O4/c1-23(2,3)31-22(30)25-16-10-11-26(13-16)20(21(28)29)12-17-19-9-8-15-6-4-5-7-18(15)27(19)14-24-17/h4-7,14,16,20H,8-13H2,1-3H3,(H,25,30)(H,28,29). The van der Waals surface area contributed by atoms with Crippen LogP contribution in [-0.4, -0.2) is 62.4 Å². The minimum Gasteiger partial charge on any atom is -0.480 e. The number of nitrogens with one attached hydrogen (secondary N) is 1. The highest BCUT2D eigenvalue weighted by Crippen LogP contribution is 2.27. The summed E-state index contributed by atoms with van der Waals surface area (Å²) in [5, 5.41) is 12.8. The van der Waals surface area contributed by atoms with Gasteiger partial charge in [0.05, 0.1) is 12.0 Å². The van der Waals surface area contributed by atoms with Crippen molar-refractivity contribution in [1.29, 1.82) is 0 Å². The minimum atomic E-state index is -0.865. The van der Waals surface area contributed by atoms with Crippen molar-refractivity contribution in [3.05, 3.63) is 47.5 Å². The third kappa shape index (κ3) is 4.74. The van der Waals surface area contributed by atoms with Crippen LogP contribution >= 0.6 is 0 Å². The van der Waals surface area contributed by atoms with E-state index in [-0.39, 0.29) is 6.04 Å². The Morgan fingerprint density at radius 1 is 1.29 bits per heavy atom. The Hall–Kier alpha value is -2.87. The minimum absolute atomic E-state index is 0.125. The molecule has 0 bridgehead atoms. The van der Waals surface area contributed by atoms with Gasteiger partial charge in [0.1, 0.15) is 11.6 Å². The van der Waals surface area contributed by atoms with Crippen molar-refractivity contribution in [2.24, 2.45) is 0 Å². The number of rotatable bonds is 5. The molecule has 3 heterocycles. The van der Waals surface area contributed by atoms with Crippen molar-refractivity contribution in [3.63, 3.8) is 0 Å². The van der Waals surface area contributed by atoms with E-state index < -0.39 is 23.7 Å². The molecule has 8 heteroatoms. The van der Waals surface area contributed by atoms with Crippen LogP contribution in [0.4, 0.5) is 4.79 Å². The number of aliphatic carboxylic acids is 1. The fourth-order valence-corrected chi connectivity index (χ4v) is 4.48. The topological polar surface area (TPSA) is 96.7 Å². The maximum Gasteiger partial charge on any atom is 0.407 e. The summed E-state index contributed by atoms with van der Waals surface area (Å²) < 4.78 is 7.41. The fourth-order valence-electron chi connectivity index (χ4n) is 4.48. The number of ether oxygens (including phenoxy) is 1. The van der Waals surface area contributed by atoms with E-state index in [1.807, 2.05) is 37.8 Å². The molecule has 1 fully saturated rings. The van der Waals surface area contributed by atoms with E-state index in [4.69, 9.17) is 4.74 Å². The van der Waals surface area contributed by atoms with Gasteiger partial charge in [-0.15, -0.1) is 0 Å². The zero-order valence-corrected chi connectivity index (χ0v) is 18.3. The van der Waals surface area contributed by atoms with E-state index >= 15 is 0 Å². The van der Waals surface area contributed by atoms with Gasteiger partial charge in [-0.3, -0.25) is 9.69 Å². The molecule has 31 heavy (non-hydrogen) atoms. The van der Waals surface area contributed by atoms with Crippen LogP contribution in [0.15, 0.2) is 30.6 Å². The lowest BCUT2D eigenvalue weighted by atomic mass is 9.99. The smallest absolute Gasteiger partial charge is 0.407 e. The zero-order valence-electron chi connectivity index (χ0n) is 18.3. The number of alkyl carbamates (subject to hydrolysis) is 1. The summed E-state index contributed by atoms with van der Waals surface area (Å²) in [6.45, 7) is 6.54. The molecule has 0 saturated carbocycles. The number of carboxylic acids is 1. The summed E-state index contributed by atoms with van der Waals surface area (Å²) in [5.74, 6) is -0.865. The number of aromatic nitrogens is 2. The molecule has 1 amide bonds. The van der Waals surface area contributed by atoms with Gasteiger partial charge in [-0.25, -0.2) is 9.78 Å². The van der Waals surface area contributed by atoms with E-state index in [0.717, 1.165) is 29.9 Å². The molecule has 2 atom stereocenters. The van der Waals surface area contributed by atoms with Crippen LogP contribution in [0.5, 0.6) is 0 Å². The summed E-state index contributed by atoms with van der Waals surface area (Å²) in [4.78, 5) is 30.7. The lowest BCUT2D eigenvalue weighted by molar-refractivity contribution is -0.142.